The summed E-state index contributed by atoms with van der Waals surface area (Å²) >= 11 is 12.3. The number of ether oxygens (including phenoxy) is 5. The van der Waals surface area contributed by atoms with Gasteiger partial charge in [0, 0.05) is 20.0 Å². The number of aryl methyl sites for hydroxylation is 1. The molecular weight excluding hydrogens is 639 g/mol. The van der Waals surface area contributed by atoms with Gasteiger partial charge in [0.2, 0.25) is 0 Å². The second-order valence-electron chi connectivity index (χ2n) is 9.33. The standard InChI is InChI=1S/C30H36Cl2N4O8.C2H6/c1-36-29(38)26(25(19-34-36)44-17-16-43-15-14-42-13-12-41-11-10-33)21-8-6-20(7-9-21)18-24(30(39)40-2)35-28(37)27-22(31)4-3-5-23(27)32;1-2/h3-9,19,24H,10-18,33H2,1-2H3,(H,35,37);1-2H3. The van der Waals surface area contributed by atoms with Crippen molar-refractivity contribution in [1.29, 1.82) is 0 Å². The van der Waals surface area contributed by atoms with E-state index in [0.717, 1.165) is 0 Å². The van der Waals surface area contributed by atoms with E-state index in [-0.39, 0.29) is 40.8 Å². The van der Waals surface area contributed by atoms with Crippen molar-refractivity contribution in [2.24, 2.45) is 12.8 Å². The number of aromatic nitrogens is 2. The van der Waals surface area contributed by atoms with Crippen LogP contribution in [0.15, 0.2) is 53.5 Å². The average Bonchev–Trinajstić information content (AvgIpc) is 3.06. The third kappa shape index (κ3) is 12.0. The molecule has 1 amide bonds. The highest BCUT2D eigenvalue weighted by atomic mass is 35.5. The second kappa shape index (κ2) is 21.3. The smallest absolute Gasteiger partial charge is 0.328 e. The van der Waals surface area contributed by atoms with E-state index in [9.17, 15) is 14.4 Å². The Kier molecular flexibility index (Phi) is 17.9. The van der Waals surface area contributed by atoms with Gasteiger partial charge >= 0.3 is 5.97 Å². The SMILES string of the molecule is CC.COC(=O)C(Cc1ccc(-c2c(OCCOCCOCCOCCN)cnn(C)c2=O)cc1)NC(=O)c1c(Cl)cccc1Cl. The van der Waals surface area contributed by atoms with E-state index in [1.165, 1.54) is 30.1 Å². The van der Waals surface area contributed by atoms with Crippen molar-refractivity contribution in [1.82, 2.24) is 15.1 Å². The molecule has 0 aliphatic carbocycles. The number of carbonyl (C=O) groups is 2. The highest BCUT2D eigenvalue weighted by molar-refractivity contribution is 6.39. The normalized spacial score (nSPS) is 11.3. The Morgan fingerprint density at radius 2 is 1.48 bits per heavy atom. The lowest BCUT2D eigenvalue weighted by atomic mass is 10.0. The molecule has 0 saturated heterocycles. The van der Waals surface area contributed by atoms with Gasteiger partial charge in [-0.1, -0.05) is 67.4 Å². The molecule has 1 atom stereocenters. The largest absolute Gasteiger partial charge is 0.489 e. The van der Waals surface area contributed by atoms with Gasteiger partial charge in [-0.2, -0.15) is 5.10 Å². The van der Waals surface area contributed by atoms with Crippen molar-refractivity contribution in [3.8, 4) is 16.9 Å². The summed E-state index contributed by atoms with van der Waals surface area (Å²) in [5, 5.41) is 7.03. The molecule has 1 aromatic heterocycles. The zero-order chi connectivity index (χ0) is 33.9. The summed E-state index contributed by atoms with van der Waals surface area (Å²) in [6.07, 6.45) is 1.58. The predicted molar refractivity (Wildman–Crippen MR) is 177 cm³/mol. The second-order valence-corrected chi connectivity index (χ2v) is 10.1. The molecule has 252 valence electrons. The zero-order valence-corrected chi connectivity index (χ0v) is 28.1. The molecule has 2 aromatic carbocycles. The Bertz CT molecular complexity index is 1420. The van der Waals surface area contributed by atoms with Crippen molar-refractivity contribution in [2.45, 2.75) is 26.3 Å². The fraction of sp³-hybridized carbons (Fsp3) is 0.438. The minimum Gasteiger partial charge on any atom is -0.489 e. The van der Waals surface area contributed by atoms with Gasteiger partial charge in [0.05, 0.1) is 74.1 Å². The number of hydrogen-bond donors (Lipinski definition) is 2. The lowest BCUT2D eigenvalue weighted by molar-refractivity contribution is -0.142. The summed E-state index contributed by atoms with van der Waals surface area (Å²) in [5.41, 5.74) is 6.67. The molecular formula is C32H42Cl2N4O8. The van der Waals surface area contributed by atoms with Gasteiger partial charge in [0.15, 0.2) is 5.75 Å². The van der Waals surface area contributed by atoms with Crippen molar-refractivity contribution in [3.05, 3.63) is 80.2 Å². The molecule has 3 N–H and O–H groups in total. The number of amides is 1. The molecule has 0 bridgehead atoms. The van der Waals surface area contributed by atoms with Crippen LogP contribution in [0.3, 0.4) is 0 Å². The zero-order valence-electron chi connectivity index (χ0n) is 26.6. The lowest BCUT2D eigenvalue weighted by Crippen LogP contribution is -2.43. The molecule has 0 saturated carbocycles. The molecule has 12 nitrogen and oxygen atoms in total. The molecule has 3 rings (SSSR count). The van der Waals surface area contributed by atoms with Crippen LogP contribution >= 0.6 is 23.2 Å². The maximum absolute atomic E-state index is 13.0. The first-order valence-electron chi connectivity index (χ1n) is 14.8. The Morgan fingerprint density at radius 3 is 2.04 bits per heavy atom. The van der Waals surface area contributed by atoms with Crippen molar-refractivity contribution >= 4 is 35.1 Å². The van der Waals surface area contributed by atoms with Crippen LogP contribution in [0.1, 0.15) is 29.8 Å². The number of nitrogens with one attached hydrogen (secondary N) is 1. The van der Waals surface area contributed by atoms with Gasteiger partial charge in [-0.25, -0.2) is 9.48 Å². The monoisotopic (exact) mass is 680 g/mol. The Labute approximate surface area is 279 Å². The quantitative estimate of drug-likeness (QED) is 0.150. The maximum atomic E-state index is 13.0. The lowest BCUT2D eigenvalue weighted by Gasteiger charge is -2.18. The van der Waals surface area contributed by atoms with E-state index in [1.807, 2.05) is 13.8 Å². The van der Waals surface area contributed by atoms with Crippen LogP contribution in [0, 0.1) is 0 Å². The van der Waals surface area contributed by atoms with Crippen LogP contribution in [0.2, 0.25) is 10.0 Å². The average molecular weight is 682 g/mol. The molecule has 46 heavy (non-hydrogen) atoms. The fourth-order valence-electron chi connectivity index (χ4n) is 4.06. The topological polar surface area (TPSA) is 153 Å². The summed E-state index contributed by atoms with van der Waals surface area (Å²) in [5.74, 6) is -0.956. The Balaban J connectivity index is 0.00000361. The fourth-order valence-corrected chi connectivity index (χ4v) is 4.63. The molecule has 0 radical (unpaired) electrons. The number of halogens is 2. The molecule has 0 aliphatic rings. The number of hydrogen-bond acceptors (Lipinski definition) is 10. The van der Waals surface area contributed by atoms with E-state index in [4.69, 9.17) is 52.6 Å². The Morgan fingerprint density at radius 1 is 0.913 bits per heavy atom. The van der Waals surface area contributed by atoms with Crippen LogP contribution < -0.4 is 21.3 Å². The van der Waals surface area contributed by atoms with Gasteiger partial charge in [0.25, 0.3) is 11.5 Å². The van der Waals surface area contributed by atoms with Gasteiger partial charge in [-0.3, -0.25) is 9.59 Å². The summed E-state index contributed by atoms with van der Waals surface area (Å²) in [6.45, 7) is 7.15. The van der Waals surface area contributed by atoms with E-state index in [1.54, 1.807) is 37.4 Å². The summed E-state index contributed by atoms with van der Waals surface area (Å²) in [6, 6.07) is 10.6. The first-order chi connectivity index (χ1) is 22.3. The van der Waals surface area contributed by atoms with Crippen LogP contribution in [0.5, 0.6) is 5.75 Å². The van der Waals surface area contributed by atoms with Crippen molar-refractivity contribution in [2.75, 3.05) is 59.9 Å². The number of nitrogens with two attached hydrogens (primary N) is 1. The third-order valence-electron chi connectivity index (χ3n) is 6.26. The van der Waals surface area contributed by atoms with Gasteiger partial charge in [-0.15, -0.1) is 0 Å². The van der Waals surface area contributed by atoms with Crippen LogP contribution in [-0.2, 0) is 37.2 Å². The minimum atomic E-state index is -1.02. The molecule has 14 heteroatoms. The minimum absolute atomic E-state index is 0.0593. The number of nitrogens with zero attached hydrogens (tertiary/aromatic N) is 2. The Hall–Kier alpha value is -3.52. The van der Waals surface area contributed by atoms with E-state index in [0.29, 0.717) is 62.0 Å². The maximum Gasteiger partial charge on any atom is 0.328 e. The highest BCUT2D eigenvalue weighted by Gasteiger charge is 2.25. The number of esters is 1. The van der Waals surface area contributed by atoms with Crippen molar-refractivity contribution in [3.63, 3.8) is 0 Å². The molecule has 1 unspecified atom stereocenters. The first-order valence-corrected chi connectivity index (χ1v) is 15.6. The van der Waals surface area contributed by atoms with Crippen LogP contribution in [-0.4, -0.2) is 87.6 Å². The molecule has 0 spiro atoms. The van der Waals surface area contributed by atoms with E-state index < -0.39 is 17.9 Å². The highest BCUT2D eigenvalue weighted by Crippen LogP contribution is 2.27. The van der Waals surface area contributed by atoms with E-state index >= 15 is 0 Å². The molecule has 0 fully saturated rings. The molecule has 1 heterocycles. The number of rotatable bonds is 18. The summed E-state index contributed by atoms with van der Waals surface area (Å²) < 4.78 is 28.1. The predicted octanol–water partition coefficient (Wildman–Crippen LogP) is 3.68. The van der Waals surface area contributed by atoms with Crippen LogP contribution in [0.4, 0.5) is 0 Å². The summed E-state index contributed by atoms with van der Waals surface area (Å²) in [7, 11) is 2.78. The van der Waals surface area contributed by atoms with Crippen molar-refractivity contribution < 1.29 is 33.3 Å². The molecule has 0 aliphatic heterocycles. The van der Waals surface area contributed by atoms with Gasteiger partial charge in [0.1, 0.15) is 12.6 Å². The number of benzene rings is 2. The first kappa shape index (κ1) is 38.7. The van der Waals surface area contributed by atoms with E-state index in [2.05, 4.69) is 10.4 Å². The van der Waals surface area contributed by atoms with Gasteiger partial charge < -0.3 is 34.7 Å². The third-order valence-corrected chi connectivity index (χ3v) is 6.89. The summed E-state index contributed by atoms with van der Waals surface area (Å²) in [4.78, 5) is 38.4. The number of methoxy groups -OCH3 is 1. The number of carbonyl (C=O) groups excluding carboxylic acids is 2. The van der Waals surface area contributed by atoms with Gasteiger partial charge in [-0.05, 0) is 23.3 Å². The van der Waals surface area contributed by atoms with Crippen LogP contribution in [0.25, 0.3) is 11.1 Å². The molecule has 3 aromatic rings.